The summed E-state index contributed by atoms with van der Waals surface area (Å²) in [6.07, 6.45) is 1.08. The Bertz CT molecular complexity index is 733. The van der Waals surface area contributed by atoms with Gasteiger partial charge < -0.3 is 14.8 Å². The molecule has 27 heavy (non-hydrogen) atoms. The Labute approximate surface area is 162 Å². The summed E-state index contributed by atoms with van der Waals surface area (Å²) in [6.45, 7) is 12.4. The first-order chi connectivity index (χ1) is 12.6. The molecule has 0 aliphatic carbocycles. The predicted molar refractivity (Wildman–Crippen MR) is 109 cm³/mol. The summed E-state index contributed by atoms with van der Waals surface area (Å²) in [7, 11) is 1.64. The highest BCUT2D eigenvalue weighted by Crippen LogP contribution is 2.30. The van der Waals surface area contributed by atoms with Gasteiger partial charge in [-0.05, 0) is 61.1 Å². The molecule has 0 heterocycles. The molecule has 0 radical (unpaired) electrons. The van der Waals surface area contributed by atoms with Crippen molar-refractivity contribution in [3.05, 3.63) is 59.4 Å². The highest BCUT2D eigenvalue weighted by molar-refractivity contribution is 5.43. The number of halogens is 1. The van der Waals surface area contributed by atoms with E-state index in [1.54, 1.807) is 19.2 Å². The van der Waals surface area contributed by atoms with Crippen molar-refractivity contribution in [2.45, 2.75) is 59.7 Å². The third-order valence-corrected chi connectivity index (χ3v) is 4.28. The summed E-state index contributed by atoms with van der Waals surface area (Å²) in [5.74, 6) is 1.13. The predicted octanol–water partition coefficient (Wildman–Crippen LogP) is 5.72. The third-order valence-electron chi connectivity index (χ3n) is 4.28. The van der Waals surface area contributed by atoms with Crippen LogP contribution >= 0.6 is 0 Å². The minimum atomic E-state index is -0.248. The van der Waals surface area contributed by atoms with Crippen LogP contribution in [0.2, 0.25) is 0 Å². The van der Waals surface area contributed by atoms with Crippen molar-refractivity contribution >= 4 is 0 Å². The summed E-state index contributed by atoms with van der Waals surface area (Å²) < 4.78 is 24.3. The number of methoxy groups -OCH3 is 1. The van der Waals surface area contributed by atoms with Crippen molar-refractivity contribution < 1.29 is 13.9 Å². The molecule has 0 saturated heterocycles. The molecule has 0 aromatic heterocycles. The first-order valence-corrected chi connectivity index (χ1v) is 9.37. The Kier molecular flexibility index (Phi) is 6.88. The quantitative estimate of drug-likeness (QED) is 0.642. The van der Waals surface area contributed by atoms with Gasteiger partial charge in [0.05, 0.1) is 7.11 Å². The minimum absolute atomic E-state index is 0.0449. The summed E-state index contributed by atoms with van der Waals surface area (Å²) in [5.41, 5.74) is 2.37. The molecule has 0 spiro atoms. The normalized spacial score (nSPS) is 12.1. The van der Waals surface area contributed by atoms with Gasteiger partial charge in [0.2, 0.25) is 0 Å². The number of nitrogens with one attached hydrogen (secondary N) is 1. The Morgan fingerprint density at radius 1 is 0.889 bits per heavy atom. The van der Waals surface area contributed by atoms with Crippen LogP contribution in [0.3, 0.4) is 0 Å². The van der Waals surface area contributed by atoms with E-state index in [9.17, 15) is 4.39 Å². The molecule has 0 unspecified atom stereocenters. The van der Waals surface area contributed by atoms with E-state index >= 15 is 0 Å². The fourth-order valence-corrected chi connectivity index (χ4v) is 3.41. The highest BCUT2D eigenvalue weighted by atomic mass is 19.1. The van der Waals surface area contributed by atoms with E-state index in [0.29, 0.717) is 18.1 Å². The second-order valence-corrected chi connectivity index (χ2v) is 8.88. The van der Waals surface area contributed by atoms with Gasteiger partial charge in [0.25, 0.3) is 0 Å². The average molecular weight is 374 g/mol. The van der Waals surface area contributed by atoms with E-state index in [-0.39, 0.29) is 16.8 Å². The van der Waals surface area contributed by atoms with Crippen LogP contribution in [0.4, 0.5) is 4.39 Å². The smallest absolute Gasteiger partial charge is 0.161 e. The van der Waals surface area contributed by atoms with Crippen LogP contribution in [0.15, 0.2) is 42.5 Å². The molecule has 0 aliphatic rings. The van der Waals surface area contributed by atoms with Gasteiger partial charge in [-0.2, -0.15) is 0 Å². The van der Waals surface area contributed by atoms with Crippen LogP contribution in [0.1, 0.15) is 52.2 Å². The molecule has 0 bridgehead atoms. The zero-order valence-corrected chi connectivity index (χ0v) is 17.4. The number of benzene rings is 2. The number of hydrogen-bond acceptors (Lipinski definition) is 3. The second-order valence-electron chi connectivity index (χ2n) is 8.88. The van der Waals surface area contributed by atoms with Crippen molar-refractivity contribution in [1.82, 2.24) is 5.32 Å². The molecule has 1 N–H and O–H groups in total. The second kappa shape index (κ2) is 8.75. The molecule has 0 aliphatic heterocycles. The van der Waals surface area contributed by atoms with Crippen LogP contribution in [-0.4, -0.2) is 12.6 Å². The Morgan fingerprint density at radius 2 is 1.52 bits per heavy atom. The fourth-order valence-electron chi connectivity index (χ4n) is 3.41. The molecule has 0 amide bonds. The van der Waals surface area contributed by atoms with Crippen molar-refractivity contribution in [3.8, 4) is 11.5 Å². The molecule has 0 fully saturated rings. The van der Waals surface area contributed by atoms with Gasteiger partial charge in [-0.25, -0.2) is 4.39 Å². The average Bonchev–Trinajstić information content (AvgIpc) is 2.58. The van der Waals surface area contributed by atoms with Gasteiger partial charge in [-0.15, -0.1) is 0 Å². The maximum absolute atomic E-state index is 13.0. The van der Waals surface area contributed by atoms with Gasteiger partial charge in [0, 0.05) is 12.1 Å². The third kappa shape index (κ3) is 7.22. The molecule has 4 heteroatoms. The SMILES string of the molecule is COc1cc(CNC(C)(C)CC(C)(C)C)ccc1OCc1ccc(F)cc1. The van der Waals surface area contributed by atoms with Crippen LogP contribution in [0, 0.1) is 11.2 Å². The monoisotopic (exact) mass is 373 g/mol. The largest absolute Gasteiger partial charge is 0.493 e. The lowest BCUT2D eigenvalue weighted by Gasteiger charge is -2.33. The van der Waals surface area contributed by atoms with E-state index in [1.807, 2.05) is 18.2 Å². The lowest BCUT2D eigenvalue weighted by atomic mass is 9.82. The highest BCUT2D eigenvalue weighted by Gasteiger charge is 2.24. The fraction of sp³-hybridized carbons (Fsp3) is 0.478. The van der Waals surface area contributed by atoms with E-state index in [2.05, 4.69) is 39.9 Å². The molecule has 0 saturated carbocycles. The van der Waals surface area contributed by atoms with Crippen LogP contribution in [-0.2, 0) is 13.2 Å². The number of rotatable bonds is 8. The van der Waals surface area contributed by atoms with Gasteiger partial charge in [0.1, 0.15) is 12.4 Å². The Hall–Kier alpha value is -2.07. The zero-order chi connectivity index (χ0) is 20.1. The molecule has 2 aromatic rings. The molecular formula is C23H32FNO2. The van der Waals surface area contributed by atoms with Gasteiger partial charge in [0.15, 0.2) is 11.5 Å². The van der Waals surface area contributed by atoms with Gasteiger partial charge in [-0.3, -0.25) is 0 Å². The van der Waals surface area contributed by atoms with Crippen molar-refractivity contribution in [3.63, 3.8) is 0 Å². The zero-order valence-electron chi connectivity index (χ0n) is 17.4. The van der Waals surface area contributed by atoms with E-state index < -0.39 is 0 Å². The van der Waals surface area contributed by atoms with Crippen molar-refractivity contribution in [1.29, 1.82) is 0 Å². The first kappa shape index (κ1) is 21.2. The van der Waals surface area contributed by atoms with Gasteiger partial charge >= 0.3 is 0 Å². The molecule has 3 nitrogen and oxygen atoms in total. The molecule has 2 rings (SSSR count). The Morgan fingerprint density at radius 3 is 2.11 bits per heavy atom. The number of hydrogen-bond donors (Lipinski definition) is 1. The topological polar surface area (TPSA) is 30.5 Å². The summed E-state index contributed by atoms with van der Waals surface area (Å²) >= 11 is 0. The molecule has 148 valence electrons. The van der Waals surface area contributed by atoms with Crippen LogP contribution in [0.5, 0.6) is 11.5 Å². The molecular weight excluding hydrogens is 341 g/mol. The molecule has 2 aromatic carbocycles. The first-order valence-electron chi connectivity index (χ1n) is 9.37. The van der Waals surface area contributed by atoms with Crippen LogP contribution in [0.25, 0.3) is 0 Å². The van der Waals surface area contributed by atoms with E-state index in [1.165, 1.54) is 12.1 Å². The lowest BCUT2D eigenvalue weighted by molar-refractivity contribution is 0.240. The maximum Gasteiger partial charge on any atom is 0.161 e. The van der Waals surface area contributed by atoms with E-state index in [0.717, 1.165) is 24.1 Å². The van der Waals surface area contributed by atoms with E-state index in [4.69, 9.17) is 9.47 Å². The number of ether oxygens (including phenoxy) is 2. The maximum atomic E-state index is 13.0. The summed E-state index contributed by atoms with van der Waals surface area (Å²) in [6, 6.07) is 12.3. The van der Waals surface area contributed by atoms with Crippen molar-refractivity contribution in [2.24, 2.45) is 5.41 Å². The minimum Gasteiger partial charge on any atom is -0.493 e. The van der Waals surface area contributed by atoms with Gasteiger partial charge in [-0.1, -0.05) is 39.0 Å². The standard InChI is InChI=1S/C23H32FNO2/c1-22(2,3)16-23(4,5)25-14-18-9-12-20(21(13-18)26-6)27-15-17-7-10-19(24)11-8-17/h7-13,25H,14-16H2,1-6H3. The van der Waals surface area contributed by atoms with Crippen molar-refractivity contribution in [2.75, 3.05) is 7.11 Å². The summed E-state index contributed by atoms with van der Waals surface area (Å²) in [4.78, 5) is 0. The summed E-state index contributed by atoms with van der Waals surface area (Å²) in [5, 5.41) is 3.63. The Balaban J connectivity index is 1.99. The molecule has 0 atom stereocenters. The van der Waals surface area contributed by atoms with Crippen LogP contribution < -0.4 is 14.8 Å². The lowest BCUT2D eigenvalue weighted by Crippen LogP contribution is -2.41.